The SMILES string of the molecule is CCOc1cccc([C@@H]2CC(c3cccc(Br)c3)=N[C@H](c3ccc(Cl)cc3)N2)c1O. The van der Waals surface area contributed by atoms with Gasteiger partial charge in [0.05, 0.1) is 6.61 Å². The zero-order chi connectivity index (χ0) is 21.1. The molecule has 3 aromatic carbocycles. The summed E-state index contributed by atoms with van der Waals surface area (Å²) < 4.78 is 6.59. The van der Waals surface area contributed by atoms with Crippen LogP contribution < -0.4 is 10.1 Å². The number of nitrogens with one attached hydrogen (secondary N) is 1. The Balaban J connectivity index is 1.75. The van der Waals surface area contributed by atoms with E-state index >= 15 is 0 Å². The third-order valence-electron chi connectivity index (χ3n) is 5.09. The van der Waals surface area contributed by atoms with Gasteiger partial charge in [0.25, 0.3) is 0 Å². The second-order valence-electron chi connectivity index (χ2n) is 7.09. The van der Waals surface area contributed by atoms with E-state index in [2.05, 4.69) is 33.4 Å². The topological polar surface area (TPSA) is 53.8 Å². The van der Waals surface area contributed by atoms with Gasteiger partial charge in [-0.3, -0.25) is 10.3 Å². The molecule has 0 saturated carbocycles. The fraction of sp³-hybridized carbons (Fsp3) is 0.208. The number of rotatable bonds is 5. The van der Waals surface area contributed by atoms with E-state index in [-0.39, 0.29) is 18.0 Å². The minimum atomic E-state index is -0.259. The normalized spacial score (nSPS) is 18.7. The molecule has 0 aromatic heterocycles. The maximum Gasteiger partial charge on any atom is 0.162 e. The van der Waals surface area contributed by atoms with Crippen molar-refractivity contribution < 1.29 is 9.84 Å². The van der Waals surface area contributed by atoms with Crippen molar-refractivity contribution in [1.82, 2.24) is 5.32 Å². The summed E-state index contributed by atoms with van der Waals surface area (Å²) in [6, 6.07) is 21.3. The molecule has 1 aliphatic rings. The van der Waals surface area contributed by atoms with Gasteiger partial charge in [-0.15, -0.1) is 0 Å². The Bertz CT molecular complexity index is 1070. The highest BCUT2D eigenvalue weighted by molar-refractivity contribution is 9.10. The first-order valence-corrected chi connectivity index (χ1v) is 11.0. The molecule has 0 spiro atoms. The van der Waals surface area contributed by atoms with Crippen molar-refractivity contribution in [2.45, 2.75) is 25.6 Å². The first kappa shape index (κ1) is 20.9. The van der Waals surface area contributed by atoms with Crippen LogP contribution in [0.3, 0.4) is 0 Å². The Morgan fingerprint density at radius 3 is 2.63 bits per heavy atom. The van der Waals surface area contributed by atoms with Crippen molar-refractivity contribution in [1.29, 1.82) is 0 Å². The molecule has 0 radical (unpaired) electrons. The molecule has 4 nitrogen and oxygen atoms in total. The van der Waals surface area contributed by atoms with Crippen LogP contribution >= 0.6 is 27.5 Å². The zero-order valence-corrected chi connectivity index (χ0v) is 18.8. The summed E-state index contributed by atoms with van der Waals surface area (Å²) in [6.45, 7) is 2.40. The molecule has 4 rings (SSSR count). The molecule has 0 unspecified atom stereocenters. The molecule has 1 heterocycles. The lowest BCUT2D eigenvalue weighted by atomic mass is 9.93. The van der Waals surface area contributed by atoms with Crippen molar-refractivity contribution in [2.24, 2.45) is 4.99 Å². The van der Waals surface area contributed by atoms with E-state index in [4.69, 9.17) is 21.3 Å². The summed E-state index contributed by atoms with van der Waals surface area (Å²) in [4.78, 5) is 4.99. The number of phenols is 1. The van der Waals surface area contributed by atoms with Gasteiger partial charge in [-0.2, -0.15) is 0 Å². The predicted octanol–water partition coefficient (Wildman–Crippen LogP) is 6.43. The van der Waals surface area contributed by atoms with Gasteiger partial charge in [-0.05, 0) is 48.4 Å². The molecule has 6 heteroatoms. The van der Waals surface area contributed by atoms with Gasteiger partial charge >= 0.3 is 0 Å². The number of para-hydroxylation sites is 1. The molecule has 0 saturated heterocycles. The summed E-state index contributed by atoms with van der Waals surface area (Å²) in [6.07, 6.45) is 0.383. The van der Waals surface area contributed by atoms with Gasteiger partial charge in [-0.1, -0.05) is 63.9 Å². The van der Waals surface area contributed by atoms with Crippen molar-refractivity contribution >= 4 is 33.2 Å². The van der Waals surface area contributed by atoms with Crippen LogP contribution in [0.4, 0.5) is 0 Å². The lowest BCUT2D eigenvalue weighted by Gasteiger charge is -2.31. The molecule has 3 aromatic rings. The minimum Gasteiger partial charge on any atom is -0.504 e. The summed E-state index contributed by atoms with van der Waals surface area (Å²) in [5.41, 5.74) is 3.83. The molecule has 0 amide bonds. The van der Waals surface area contributed by atoms with Crippen LogP contribution in [-0.4, -0.2) is 17.4 Å². The number of phenolic OH excluding ortho intramolecular Hbond substituents is 1. The van der Waals surface area contributed by atoms with Crippen molar-refractivity contribution in [3.05, 3.63) is 92.9 Å². The van der Waals surface area contributed by atoms with Gasteiger partial charge in [0.2, 0.25) is 0 Å². The number of aromatic hydroxyl groups is 1. The van der Waals surface area contributed by atoms with E-state index in [1.807, 2.05) is 55.5 Å². The monoisotopic (exact) mass is 484 g/mol. The highest BCUT2D eigenvalue weighted by Gasteiger charge is 2.28. The van der Waals surface area contributed by atoms with Gasteiger partial charge in [0, 0.05) is 33.2 Å². The fourth-order valence-corrected chi connectivity index (χ4v) is 4.18. The highest BCUT2D eigenvalue weighted by atomic mass is 79.9. The number of hydrogen-bond donors (Lipinski definition) is 2. The van der Waals surface area contributed by atoms with Crippen molar-refractivity contribution in [3.8, 4) is 11.5 Å². The van der Waals surface area contributed by atoms with Crippen LogP contribution in [0.1, 0.15) is 42.2 Å². The summed E-state index contributed by atoms with van der Waals surface area (Å²) in [7, 11) is 0. The Labute approximate surface area is 189 Å². The van der Waals surface area contributed by atoms with Gasteiger partial charge in [-0.25, -0.2) is 0 Å². The summed E-state index contributed by atoms with van der Waals surface area (Å²) >= 11 is 9.63. The van der Waals surface area contributed by atoms with E-state index in [9.17, 15) is 5.11 Å². The number of aliphatic imine (C=N–C) groups is 1. The smallest absolute Gasteiger partial charge is 0.162 e. The fourth-order valence-electron chi connectivity index (χ4n) is 3.66. The average molecular weight is 486 g/mol. The third-order valence-corrected chi connectivity index (χ3v) is 5.84. The van der Waals surface area contributed by atoms with Gasteiger partial charge in [0.15, 0.2) is 11.5 Å². The molecule has 2 atom stereocenters. The lowest BCUT2D eigenvalue weighted by Crippen LogP contribution is -2.33. The zero-order valence-electron chi connectivity index (χ0n) is 16.5. The molecule has 0 bridgehead atoms. The highest BCUT2D eigenvalue weighted by Crippen LogP contribution is 2.39. The number of hydrogen-bond acceptors (Lipinski definition) is 4. The van der Waals surface area contributed by atoms with E-state index < -0.39 is 0 Å². The van der Waals surface area contributed by atoms with E-state index in [1.54, 1.807) is 6.07 Å². The molecule has 2 N–H and O–H groups in total. The molecule has 30 heavy (non-hydrogen) atoms. The quantitative estimate of drug-likeness (QED) is 0.438. The van der Waals surface area contributed by atoms with Crippen LogP contribution in [0, 0.1) is 0 Å². The summed E-state index contributed by atoms with van der Waals surface area (Å²) in [5.74, 6) is 0.661. The molecular weight excluding hydrogens is 464 g/mol. The summed E-state index contributed by atoms with van der Waals surface area (Å²) in [5, 5.41) is 15.1. The number of nitrogens with zero attached hydrogens (tertiary/aromatic N) is 1. The minimum absolute atomic E-state index is 0.127. The van der Waals surface area contributed by atoms with E-state index in [0.717, 1.165) is 26.9 Å². The second kappa shape index (κ2) is 9.21. The lowest BCUT2D eigenvalue weighted by molar-refractivity contribution is 0.313. The third kappa shape index (κ3) is 4.53. The standard InChI is InChI=1S/C24H22BrClN2O2/c1-2-30-22-8-4-7-19(23(22)29)21-14-20(16-5-3-6-17(25)13-16)27-24(28-21)15-9-11-18(26)12-10-15/h3-13,21,24,28-29H,2,14H2,1H3/t21-,24-/m0/s1. The van der Waals surface area contributed by atoms with Crippen LogP contribution in [0.25, 0.3) is 0 Å². The molecular formula is C24H22BrClN2O2. The van der Waals surface area contributed by atoms with Crippen LogP contribution in [0.5, 0.6) is 11.5 Å². The Morgan fingerprint density at radius 2 is 1.90 bits per heavy atom. The first-order valence-electron chi connectivity index (χ1n) is 9.84. The molecule has 0 aliphatic carbocycles. The van der Waals surface area contributed by atoms with E-state index in [0.29, 0.717) is 23.8 Å². The maximum absolute atomic E-state index is 10.8. The Kier molecular flexibility index (Phi) is 6.42. The number of benzene rings is 3. The van der Waals surface area contributed by atoms with Crippen molar-refractivity contribution in [2.75, 3.05) is 6.61 Å². The average Bonchev–Trinajstić information content (AvgIpc) is 2.75. The van der Waals surface area contributed by atoms with Crippen LogP contribution in [-0.2, 0) is 0 Å². The Morgan fingerprint density at radius 1 is 1.13 bits per heavy atom. The van der Waals surface area contributed by atoms with Gasteiger partial charge in [0.1, 0.15) is 6.17 Å². The van der Waals surface area contributed by atoms with Crippen LogP contribution in [0.15, 0.2) is 76.2 Å². The first-order chi connectivity index (χ1) is 14.5. The predicted molar refractivity (Wildman–Crippen MR) is 125 cm³/mol. The molecule has 154 valence electrons. The maximum atomic E-state index is 10.8. The Hall–Kier alpha value is -2.34. The largest absolute Gasteiger partial charge is 0.504 e. The van der Waals surface area contributed by atoms with Crippen molar-refractivity contribution in [3.63, 3.8) is 0 Å². The van der Waals surface area contributed by atoms with Gasteiger partial charge < -0.3 is 9.84 Å². The van der Waals surface area contributed by atoms with E-state index in [1.165, 1.54) is 0 Å². The number of ether oxygens (including phenoxy) is 1. The molecule has 0 fully saturated rings. The van der Waals surface area contributed by atoms with Crippen LogP contribution in [0.2, 0.25) is 5.02 Å². The number of halogens is 2. The molecule has 1 aliphatic heterocycles. The second-order valence-corrected chi connectivity index (χ2v) is 8.44.